The normalized spacial score (nSPS) is 15.3. The summed E-state index contributed by atoms with van der Waals surface area (Å²) in [5.41, 5.74) is 5.59. The molecule has 9 heteroatoms. The fourth-order valence-corrected chi connectivity index (χ4v) is 5.00. The molecule has 0 saturated heterocycles. The van der Waals surface area contributed by atoms with Crippen LogP contribution in [0.1, 0.15) is 40.5 Å². The molecule has 0 amide bonds. The van der Waals surface area contributed by atoms with Gasteiger partial charge in [-0.15, -0.1) is 5.10 Å². The van der Waals surface area contributed by atoms with Gasteiger partial charge in [0.05, 0.1) is 18.7 Å². The van der Waals surface area contributed by atoms with Crippen molar-refractivity contribution >= 4 is 16.5 Å². The molecule has 1 N–H and O–H groups in total. The molecule has 0 spiro atoms. The zero-order valence-corrected chi connectivity index (χ0v) is 20.7. The van der Waals surface area contributed by atoms with E-state index in [0.717, 1.165) is 39.6 Å². The molecule has 1 atom stereocenters. The standard InChI is InChI=1S/C27H29FN6O2/c1-17-14-18(2)24-21(15-17)16-23(27(35)29-24)25(26-30-31-32-34(26)12-13-36-3)33-10-8-20(9-11-33)19-4-6-22(28)7-5-19/h4-8,14-16,25H,9-13H2,1-3H3,(H,29,35). The number of nitrogens with zero attached hydrogens (tertiary/aromatic N) is 5. The molecule has 8 nitrogen and oxygen atoms in total. The van der Waals surface area contributed by atoms with E-state index in [0.29, 0.717) is 37.6 Å². The maximum atomic E-state index is 13.5. The van der Waals surface area contributed by atoms with Crippen LogP contribution in [0.5, 0.6) is 0 Å². The number of tetrazole rings is 1. The summed E-state index contributed by atoms with van der Waals surface area (Å²) in [4.78, 5) is 18.8. The Balaban J connectivity index is 1.58. The summed E-state index contributed by atoms with van der Waals surface area (Å²) in [7, 11) is 1.63. The number of aromatic nitrogens is 5. The van der Waals surface area contributed by atoms with Gasteiger partial charge < -0.3 is 9.72 Å². The predicted octanol–water partition coefficient (Wildman–Crippen LogP) is 3.80. The highest BCUT2D eigenvalue weighted by Gasteiger charge is 2.31. The van der Waals surface area contributed by atoms with Crippen LogP contribution in [-0.2, 0) is 11.3 Å². The molecule has 2 aromatic carbocycles. The number of H-pyrrole nitrogens is 1. The van der Waals surface area contributed by atoms with Crippen molar-refractivity contribution < 1.29 is 9.13 Å². The largest absolute Gasteiger partial charge is 0.383 e. The van der Waals surface area contributed by atoms with Gasteiger partial charge in [-0.1, -0.05) is 29.8 Å². The second kappa shape index (κ2) is 10.1. The lowest BCUT2D eigenvalue weighted by atomic mass is 9.96. The zero-order valence-electron chi connectivity index (χ0n) is 20.7. The van der Waals surface area contributed by atoms with Gasteiger partial charge in [-0.2, -0.15) is 0 Å². The second-order valence-corrected chi connectivity index (χ2v) is 9.24. The maximum absolute atomic E-state index is 13.5. The van der Waals surface area contributed by atoms with Gasteiger partial charge in [0, 0.05) is 25.8 Å². The third-order valence-electron chi connectivity index (χ3n) is 6.75. The number of rotatable bonds is 7. The van der Waals surface area contributed by atoms with Crippen LogP contribution in [-0.4, -0.2) is 56.9 Å². The Hall–Kier alpha value is -3.69. The van der Waals surface area contributed by atoms with Gasteiger partial charge in [0.2, 0.25) is 0 Å². The first-order chi connectivity index (χ1) is 17.4. The van der Waals surface area contributed by atoms with E-state index in [1.165, 1.54) is 12.1 Å². The molecular formula is C27H29FN6O2. The molecule has 0 bridgehead atoms. The number of aromatic amines is 1. The first-order valence-corrected chi connectivity index (χ1v) is 12.0. The minimum atomic E-state index is -0.447. The highest BCUT2D eigenvalue weighted by atomic mass is 19.1. The van der Waals surface area contributed by atoms with Crippen molar-refractivity contribution in [3.63, 3.8) is 0 Å². The number of aryl methyl sites for hydroxylation is 2. The second-order valence-electron chi connectivity index (χ2n) is 9.24. The fraction of sp³-hybridized carbons (Fsp3) is 0.333. The Morgan fingerprint density at radius 2 is 1.97 bits per heavy atom. The van der Waals surface area contributed by atoms with Crippen LogP contribution < -0.4 is 5.56 Å². The lowest BCUT2D eigenvalue weighted by molar-refractivity contribution is 0.176. The molecule has 0 aliphatic carbocycles. The van der Waals surface area contributed by atoms with Gasteiger partial charge in [0.15, 0.2) is 5.82 Å². The van der Waals surface area contributed by atoms with Crippen LogP contribution in [0.15, 0.2) is 53.3 Å². The minimum Gasteiger partial charge on any atom is -0.383 e. The smallest absolute Gasteiger partial charge is 0.253 e. The Morgan fingerprint density at radius 1 is 1.17 bits per heavy atom. The van der Waals surface area contributed by atoms with E-state index >= 15 is 0 Å². The van der Waals surface area contributed by atoms with Gasteiger partial charge in [-0.3, -0.25) is 9.69 Å². The van der Waals surface area contributed by atoms with Crippen molar-refractivity contribution in [1.82, 2.24) is 30.1 Å². The zero-order chi connectivity index (χ0) is 25.2. The number of ether oxygens (including phenoxy) is 1. The number of halogens is 1. The molecule has 1 aliphatic rings. The monoisotopic (exact) mass is 488 g/mol. The minimum absolute atomic E-state index is 0.158. The van der Waals surface area contributed by atoms with E-state index in [2.05, 4.69) is 43.6 Å². The highest BCUT2D eigenvalue weighted by molar-refractivity contribution is 5.83. The van der Waals surface area contributed by atoms with Crippen molar-refractivity contribution in [3.05, 3.63) is 92.8 Å². The number of hydrogen-bond acceptors (Lipinski definition) is 6. The van der Waals surface area contributed by atoms with E-state index in [9.17, 15) is 9.18 Å². The van der Waals surface area contributed by atoms with Crippen LogP contribution >= 0.6 is 0 Å². The number of hydrogen-bond donors (Lipinski definition) is 1. The van der Waals surface area contributed by atoms with Crippen LogP contribution in [0.4, 0.5) is 4.39 Å². The van der Waals surface area contributed by atoms with Gasteiger partial charge in [0.1, 0.15) is 11.9 Å². The van der Waals surface area contributed by atoms with E-state index < -0.39 is 6.04 Å². The molecule has 36 heavy (non-hydrogen) atoms. The van der Waals surface area contributed by atoms with Crippen LogP contribution in [0.3, 0.4) is 0 Å². The summed E-state index contributed by atoms with van der Waals surface area (Å²) in [6.45, 7) is 6.26. The number of benzene rings is 2. The van der Waals surface area contributed by atoms with Crippen LogP contribution in [0.2, 0.25) is 0 Å². The van der Waals surface area contributed by atoms with Crippen LogP contribution in [0, 0.1) is 19.7 Å². The summed E-state index contributed by atoms with van der Waals surface area (Å²) < 4.78 is 20.4. The highest BCUT2D eigenvalue weighted by Crippen LogP contribution is 2.32. The first-order valence-electron chi connectivity index (χ1n) is 12.0. The number of fused-ring (bicyclic) bond motifs is 1. The summed E-state index contributed by atoms with van der Waals surface area (Å²) in [5.74, 6) is 0.348. The van der Waals surface area contributed by atoms with Crippen molar-refractivity contribution in [3.8, 4) is 0 Å². The van der Waals surface area contributed by atoms with Gasteiger partial charge >= 0.3 is 0 Å². The van der Waals surface area contributed by atoms with E-state index in [4.69, 9.17) is 4.74 Å². The average Bonchev–Trinajstić information content (AvgIpc) is 3.33. The number of nitrogens with one attached hydrogen (secondary N) is 1. The Kier molecular flexibility index (Phi) is 6.75. The quantitative estimate of drug-likeness (QED) is 0.426. The fourth-order valence-electron chi connectivity index (χ4n) is 5.00. The lowest BCUT2D eigenvalue weighted by Crippen LogP contribution is -2.38. The maximum Gasteiger partial charge on any atom is 0.253 e. The van der Waals surface area contributed by atoms with E-state index in [-0.39, 0.29) is 11.4 Å². The molecule has 5 rings (SSSR count). The van der Waals surface area contributed by atoms with E-state index in [1.807, 2.05) is 19.9 Å². The molecular weight excluding hydrogens is 459 g/mol. The Morgan fingerprint density at radius 3 is 2.69 bits per heavy atom. The van der Waals surface area contributed by atoms with E-state index in [1.54, 1.807) is 23.9 Å². The molecule has 4 aromatic rings. The number of methoxy groups -OCH3 is 1. The molecule has 2 aromatic heterocycles. The van der Waals surface area contributed by atoms with Crippen molar-refractivity contribution in [1.29, 1.82) is 0 Å². The third kappa shape index (κ3) is 4.72. The van der Waals surface area contributed by atoms with Gasteiger partial charge in [-0.05, 0) is 77.0 Å². The summed E-state index contributed by atoms with van der Waals surface area (Å²) in [6.07, 6.45) is 2.89. The molecule has 0 fully saturated rings. The molecule has 0 saturated carbocycles. The Labute approximate surface area is 208 Å². The summed E-state index contributed by atoms with van der Waals surface area (Å²) in [6, 6.07) is 12.2. The molecule has 186 valence electrons. The third-order valence-corrected chi connectivity index (χ3v) is 6.75. The lowest BCUT2D eigenvalue weighted by Gasteiger charge is -2.33. The molecule has 3 heterocycles. The van der Waals surface area contributed by atoms with Crippen molar-refractivity contribution in [2.24, 2.45) is 0 Å². The van der Waals surface area contributed by atoms with Crippen LogP contribution in [0.25, 0.3) is 16.5 Å². The Bertz CT molecular complexity index is 1470. The average molecular weight is 489 g/mol. The number of pyridine rings is 1. The molecule has 1 unspecified atom stereocenters. The van der Waals surface area contributed by atoms with Crippen molar-refractivity contribution in [2.45, 2.75) is 32.9 Å². The SMILES string of the molecule is COCCn1nnnc1C(c1cc2cc(C)cc(C)c2[nH]c1=O)N1CC=C(c2ccc(F)cc2)CC1. The predicted molar refractivity (Wildman–Crippen MR) is 136 cm³/mol. The first kappa shape index (κ1) is 24.0. The van der Waals surface area contributed by atoms with Gasteiger partial charge in [0.25, 0.3) is 5.56 Å². The molecule has 0 radical (unpaired) electrons. The summed E-state index contributed by atoms with van der Waals surface area (Å²) >= 11 is 0. The topological polar surface area (TPSA) is 88.9 Å². The molecule has 1 aliphatic heterocycles. The van der Waals surface area contributed by atoms with Crippen molar-refractivity contribution in [2.75, 3.05) is 26.8 Å². The van der Waals surface area contributed by atoms with Gasteiger partial charge in [-0.25, -0.2) is 9.07 Å². The summed E-state index contributed by atoms with van der Waals surface area (Å²) in [5, 5.41) is 13.4.